The van der Waals surface area contributed by atoms with E-state index >= 15 is 0 Å². The topological polar surface area (TPSA) is 45.2 Å². The number of aromatic nitrogens is 1. The van der Waals surface area contributed by atoms with Gasteiger partial charge in [0.15, 0.2) is 0 Å². The molecular weight excluding hydrogens is 377 g/mol. The number of carbonyl (C=O) groups is 1. The van der Waals surface area contributed by atoms with Crippen LogP contribution in [0.5, 0.6) is 0 Å². The summed E-state index contributed by atoms with van der Waals surface area (Å²) in [7, 11) is 0. The molecule has 1 aromatic heterocycles. The maximum atomic E-state index is 12.5. The third kappa shape index (κ3) is 3.34. The van der Waals surface area contributed by atoms with Gasteiger partial charge in [0, 0.05) is 28.5 Å². The van der Waals surface area contributed by atoms with Crippen LogP contribution in [-0.2, 0) is 0 Å². The number of pyridine rings is 1. The summed E-state index contributed by atoms with van der Waals surface area (Å²) in [6.45, 7) is 1.95. The Labute approximate surface area is 137 Å². The molecule has 5 heteroatoms. The molecule has 1 amide bonds. The van der Waals surface area contributed by atoms with E-state index < -0.39 is 0 Å². The van der Waals surface area contributed by atoms with E-state index in [0.29, 0.717) is 5.56 Å². The number of halogens is 1. The fourth-order valence-corrected chi connectivity index (χ4v) is 2.85. The molecular formula is C16H16IN3O. The average molecular weight is 393 g/mol. The molecule has 1 aromatic carbocycles. The summed E-state index contributed by atoms with van der Waals surface area (Å²) in [5.41, 5.74) is 1.44. The Balaban J connectivity index is 1.82. The van der Waals surface area contributed by atoms with Crippen LogP contribution >= 0.6 is 22.6 Å². The molecule has 1 N–H and O–H groups in total. The highest BCUT2D eigenvalue weighted by molar-refractivity contribution is 14.1. The van der Waals surface area contributed by atoms with Crippen molar-refractivity contribution in [3.63, 3.8) is 0 Å². The lowest BCUT2D eigenvalue weighted by Gasteiger charge is -2.19. The predicted molar refractivity (Wildman–Crippen MR) is 92.8 cm³/mol. The Morgan fingerprint density at radius 2 is 1.86 bits per heavy atom. The summed E-state index contributed by atoms with van der Waals surface area (Å²) >= 11 is 2.24. The van der Waals surface area contributed by atoms with Crippen LogP contribution in [0, 0.1) is 3.57 Å². The van der Waals surface area contributed by atoms with Crippen molar-refractivity contribution in [1.82, 2.24) is 4.98 Å². The number of anilines is 2. The first-order valence-electron chi connectivity index (χ1n) is 7.01. The molecule has 108 valence electrons. The van der Waals surface area contributed by atoms with Crippen molar-refractivity contribution in [1.29, 1.82) is 0 Å². The lowest BCUT2D eigenvalue weighted by atomic mass is 10.2. The lowest BCUT2D eigenvalue weighted by molar-refractivity contribution is 0.102. The van der Waals surface area contributed by atoms with Crippen molar-refractivity contribution in [3.8, 4) is 0 Å². The van der Waals surface area contributed by atoms with Gasteiger partial charge in [-0.05, 0) is 71.8 Å². The van der Waals surface area contributed by atoms with Crippen molar-refractivity contribution >= 4 is 40.0 Å². The van der Waals surface area contributed by atoms with Crippen LogP contribution in [0.4, 0.5) is 11.5 Å². The van der Waals surface area contributed by atoms with Crippen molar-refractivity contribution in [3.05, 3.63) is 51.7 Å². The highest BCUT2D eigenvalue weighted by Crippen LogP contribution is 2.23. The molecule has 2 aromatic rings. The number of rotatable bonds is 3. The average Bonchev–Trinajstić information content (AvgIpc) is 3.04. The minimum absolute atomic E-state index is 0.105. The van der Waals surface area contributed by atoms with Gasteiger partial charge in [0.25, 0.3) is 5.91 Å². The predicted octanol–water partition coefficient (Wildman–Crippen LogP) is 3.54. The standard InChI is InChI=1S/C16H16IN3O/c17-12-5-7-13(8-6-12)19-16(21)14-4-3-9-18-15(14)20-10-1-2-11-20/h3-9H,1-2,10-11H2,(H,19,21). The van der Waals surface area contributed by atoms with E-state index in [4.69, 9.17) is 0 Å². The van der Waals surface area contributed by atoms with Crippen LogP contribution in [-0.4, -0.2) is 24.0 Å². The number of benzene rings is 1. The van der Waals surface area contributed by atoms with Gasteiger partial charge in [-0.3, -0.25) is 4.79 Å². The third-order valence-electron chi connectivity index (χ3n) is 3.54. The second-order valence-corrected chi connectivity index (χ2v) is 6.28. The first kappa shape index (κ1) is 14.3. The third-order valence-corrected chi connectivity index (χ3v) is 4.26. The molecule has 21 heavy (non-hydrogen) atoms. The van der Waals surface area contributed by atoms with E-state index in [1.54, 1.807) is 6.20 Å². The van der Waals surface area contributed by atoms with Crippen LogP contribution in [0.25, 0.3) is 0 Å². The monoisotopic (exact) mass is 393 g/mol. The molecule has 0 radical (unpaired) electrons. The van der Waals surface area contributed by atoms with Gasteiger partial charge in [0.1, 0.15) is 5.82 Å². The molecule has 1 aliphatic heterocycles. The second-order valence-electron chi connectivity index (χ2n) is 5.03. The Bertz CT molecular complexity index is 636. The number of carbonyl (C=O) groups excluding carboxylic acids is 1. The number of nitrogens with one attached hydrogen (secondary N) is 1. The van der Waals surface area contributed by atoms with E-state index in [2.05, 4.69) is 37.8 Å². The molecule has 2 heterocycles. The zero-order chi connectivity index (χ0) is 14.7. The van der Waals surface area contributed by atoms with Crippen LogP contribution < -0.4 is 10.2 Å². The molecule has 0 unspecified atom stereocenters. The summed E-state index contributed by atoms with van der Waals surface area (Å²) in [6, 6.07) is 11.4. The van der Waals surface area contributed by atoms with E-state index in [1.165, 1.54) is 0 Å². The van der Waals surface area contributed by atoms with Crippen LogP contribution in [0.15, 0.2) is 42.6 Å². The van der Waals surface area contributed by atoms with Gasteiger partial charge in [0.05, 0.1) is 5.56 Å². The second kappa shape index (κ2) is 6.43. The first-order chi connectivity index (χ1) is 10.2. The number of amides is 1. The van der Waals surface area contributed by atoms with Gasteiger partial charge < -0.3 is 10.2 Å². The molecule has 0 bridgehead atoms. The maximum absolute atomic E-state index is 12.5. The van der Waals surface area contributed by atoms with E-state index in [-0.39, 0.29) is 5.91 Å². The zero-order valence-electron chi connectivity index (χ0n) is 11.6. The molecule has 1 aliphatic rings. The molecule has 0 atom stereocenters. The summed E-state index contributed by atoms with van der Waals surface area (Å²) in [5.74, 6) is 0.684. The van der Waals surface area contributed by atoms with Crippen molar-refractivity contribution in [2.75, 3.05) is 23.3 Å². The Morgan fingerprint density at radius 1 is 1.14 bits per heavy atom. The van der Waals surface area contributed by atoms with Crippen molar-refractivity contribution in [2.45, 2.75) is 12.8 Å². The fourth-order valence-electron chi connectivity index (χ4n) is 2.49. The molecule has 1 saturated heterocycles. The van der Waals surface area contributed by atoms with E-state index in [1.807, 2.05) is 36.4 Å². The molecule has 4 nitrogen and oxygen atoms in total. The summed E-state index contributed by atoms with van der Waals surface area (Å²) in [5, 5.41) is 2.94. The van der Waals surface area contributed by atoms with Crippen LogP contribution in [0.2, 0.25) is 0 Å². The van der Waals surface area contributed by atoms with Crippen molar-refractivity contribution in [2.24, 2.45) is 0 Å². The molecule has 3 rings (SSSR count). The normalized spacial score (nSPS) is 14.2. The Morgan fingerprint density at radius 3 is 2.57 bits per heavy atom. The fraction of sp³-hybridized carbons (Fsp3) is 0.250. The first-order valence-corrected chi connectivity index (χ1v) is 8.09. The molecule has 0 saturated carbocycles. The van der Waals surface area contributed by atoms with Gasteiger partial charge in [-0.2, -0.15) is 0 Å². The van der Waals surface area contributed by atoms with Crippen LogP contribution in [0.1, 0.15) is 23.2 Å². The van der Waals surface area contributed by atoms with Gasteiger partial charge >= 0.3 is 0 Å². The van der Waals surface area contributed by atoms with Gasteiger partial charge in [-0.25, -0.2) is 4.98 Å². The molecule has 0 aliphatic carbocycles. The SMILES string of the molecule is O=C(Nc1ccc(I)cc1)c1cccnc1N1CCCC1. The summed E-state index contributed by atoms with van der Waals surface area (Å²) in [4.78, 5) is 19.1. The minimum atomic E-state index is -0.105. The summed E-state index contributed by atoms with van der Waals surface area (Å²) in [6.07, 6.45) is 4.07. The van der Waals surface area contributed by atoms with Gasteiger partial charge in [-0.1, -0.05) is 0 Å². The van der Waals surface area contributed by atoms with Crippen molar-refractivity contribution < 1.29 is 4.79 Å². The molecule has 0 spiro atoms. The highest BCUT2D eigenvalue weighted by atomic mass is 127. The maximum Gasteiger partial charge on any atom is 0.259 e. The highest BCUT2D eigenvalue weighted by Gasteiger charge is 2.20. The molecule has 1 fully saturated rings. The van der Waals surface area contributed by atoms with Gasteiger partial charge in [-0.15, -0.1) is 0 Å². The smallest absolute Gasteiger partial charge is 0.259 e. The number of nitrogens with zero attached hydrogens (tertiary/aromatic N) is 2. The Kier molecular flexibility index (Phi) is 4.38. The van der Waals surface area contributed by atoms with Crippen LogP contribution in [0.3, 0.4) is 0 Å². The largest absolute Gasteiger partial charge is 0.356 e. The van der Waals surface area contributed by atoms with Gasteiger partial charge in [0.2, 0.25) is 0 Å². The van der Waals surface area contributed by atoms with E-state index in [9.17, 15) is 4.79 Å². The quantitative estimate of drug-likeness (QED) is 0.812. The number of hydrogen-bond acceptors (Lipinski definition) is 3. The minimum Gasteiger partial charge on any atom is -0.356 e. The van der Waals surface area contributed by atoms with E-state index in [0.717, 1.165) is 41.0 Å². The zero-order valence-corrected chi connectivity index (χ0v) is 13.7. The Hall–Kier alpha value is -1.63. The lowest BCUT2D eigenvalue weighted by Crippen LogP contribution is -2.24. The summed E-state index contributed by atoms with van der Waals surface area (Å²) < 4.78 is 1.14. The number of hydrogen-bond donors (Lipinski definition) is 1.